The van der Waals surface area contributed by atoms with Crippen LogP contribution in [0.4, 0.5) is 8.78 Å². The number of alkyl halides is 2. The number of hydrogen-bond acceptors (Lipinski definition) is 5. The highest BCUT2D eigenvalue weighted by molar-refractivity contribution is 6.41. The summed E-state index contributed by atoms with van der Waals surface area (Å²) in [7, 11) is 0. The molecule has 21 heavy (non-hydrogen) atoms. The Morgan fingerprint density at radius 3 is 2.33 bits per heavy atom. The maximum absolute atomic E-state index is 13.7. The summed E-state index contributed by atoms with van der Waals surface area (Å²) < 4.78 is 42.4. The zero-order valence-corrected chi connectivity index (χ0v) is 11.6. The fraction of sp³-hybridized carbons (Fsp3) is 0.429. The van der Waals surface area contributed by atoms with Gasteiger partial charge < -0.3 is 14.2 Å². The highest BCUT2D eigenvalue weighted by Gasteiger charge is 2.35. The SMILES string of the molecule is CCOC(=O)C(=O)c1cc2c(cc1C(C)(F)F)OCCO2. The number of ketones is 1. The molecule has 0 saturated heterocycles. The summed E-state index contributed by atoms with van der Waals surface area (Å²) in [5.41, 5.74) is -1.03. The molecule has 0 N–H and O–H groups in total. The van der Waals surface area contributed by atoms with Crippen LogP contribution in [0, 0.1) is 0 Å². The number of fused-ring (bicyclic) bond motifs is 1. The molecule has 114 valence electrons. The summed E-state index contributed by atoms with van der Waals surface area (Å²) in [5.74, 6) is -5.35. The van der Waals surface area contributed by atoms with Crippen LogP contribution in [-0.4, -0.2) is 31.6 Å². The van der Waals surface area contributed by atoms with Gasteiger partial charge in [0.15, 0.2) is 11.5 Å². The number of esters is 1. The molecule has 0 bridgehead atoms. The minimum atomic E-state index is -3.31. The van der Waals surface area contributed by atoms with Crippen molar-refractivity contribution in [2.75, 3.05) is 19.8 Å². The van der Waals surface area contributed by atoms with E-state index in [1.54, 1.807) is 0 Å². The van der Waals surface area contributed by atoms with Gasteiger partial charge in [-0.3, -0.25) is 4.79 Å². The van der Waals surface area contributed by atoms with Gasteiger partial charge in [-0.15, -0.1) is 0 Å². The molecule has 0 atom stereocenters. The molecule has 0 radical (unpaired) electrons. The zero-order valence-electron chi connectivity index (χ0n) is 11.6. The number of rotatable bonds is 4. The molecule has 0 aromatic heterocycles. The Morgan fingerprint density at radius 1 is 1.24 bits per heavy atom. The fourth-order valence-corrected chi connectivity index (χ4v) is 1.95. The van der Waals surface area contributed by atoms with Crippen molar-refractivity contribution < 1.29 is 32.6 Å². The Kier molecular flexibility index (Phi) is 4.11. The Labute approximate surface area is 119 Å². The van der Waals surface area contributed by atoms with E-state index in [2.05, 4.69) is 4.74 Å². The first kappa shape index (κ1) is 15.2. The molecular formula is C14H14F2O5. The molecule has 0 amide bonds. The Hall–Kier alpha value is -2.18. The topological polar surface area (TPSA) is 61.8 Å². The molecule has 1 aromatic rings. The van der Waals surface area contributed by atoms with E-state index in [4.69, 9.17) is 9.47 Å². The fourth-order valence-electron chi connectivity index (χ4n) is 1.95. The zero-order chi connectivity index (χ0) is 15.6. The molecular weight excluding hydrogens is 286 g/mol. The van der Waals surface area contributed by atoms with Crippen molar-refractivity contribution in [3.05, 3.63) is 23.3 Å². The van der Waals surface area contributed by atoms with Gasteiger partial charge in [-0.1, -0.05) is 0 Å². The predicted molar refractivity (Wildman–Crippen MR) is 68.0 cm³/mol. The maximum Gasteiger partial charge on any atom is 0.379 e. The van der Waals surface area contributed by atoms with Gasteiger partial charge in [-0.05, 0) is 19.1 Å². The molecule has 2 rings (SSSR count). The van der Waals surface area contributed by atoms with Gasteiger partial charge in [0.05, 0.1) is 6.61 Å². The average Bonchev–Trinajstić information content (AvgIpc) is 2.44. The third kappa shape index (κ3) is 3.12. The summed E-state index contributed by atoms with van der Waals surface area (Å²) in [6, 6.07) is 2.13. The number of ether oxygens (including phenoxy) is 3. The first-order chi connectivity index (χ1) is 9.84. The average molecular weight is 300 g/mol. The van der Waals surface area contributed by atoms with Crippen molar-refractivity contribution >= 4 is 11.8 Å². The van der Waals surface area contributed by atoms with E-state index >= 15 is 0 Å². The Morgan fingerprint density at radius 2 is 1.81 bits per heavy atom. The second-order valence-corrected chi connectivity index (χ2v) is 4.48. The van der Waals surface area contributed by atoms with E-state index in [9.17, 15) is 18.4 Å². The number of halogens is 2. The van der Waals surface area contributed by atoms with E-state index in [-0.39, 0.29) is 31.3 Å². The van der Waals surface area contributed by atoms with Crippen LogP contribution in [-0.2, 0) is 15.5 Å². The number of carbonyl (C=O) groups excluding carboxylic acids is 2. The quantitative estimate of drug-likeness (QED) is 0.485. The van der Waals surface area contributed by atoms with Crippen LogP contribution in [0.5, 0.6) is 11.5 Å². The summed E-state index contributed by atoms with van der Waals surface area (Å²) in [5, 5.41) is 0. The predicted octanol–water partition coefficient (Wildman–Crippen LogP) is 2.32. The molecule has 1 aliphatic heterocycles. The van der Waals surface area contributed by atoms with Gasteiger partial charge >= 0.3 is 5.97 Å². The standard InChI is InChI=1S/C14H14F2O5/c1-3-19-13(18)12(17)8-6-10-11(21-5-4-20-10)7-9(8)14(2,15)16/h6-7H,3-5H2,1-2H3. The first-order valence-electron chi connectivity index (χ1n) is 6.38. The third-order valence-corrected chi connectivity index (χ3v) is 2.86. The Balaban J connectivity index is 2.52. The van der Waals surface area contributed by atoms with Crippen molar-refractivity contribution in [3.63, 3.8) is 0 Å². The van der Waals surface area contributed by atoms with E-state index in [0.29, 0.717) is 6.92 Å². The van der Waals surface area contributed by atoms with Crippen LogP contribution >= 0.6 is 0 Å². The lowest BCUT2D eigenvalue weighted by Crippen LogP contribution is -2.24. The van der Waals surface area contributed by atoms with Crippen molar-refractivity contribution in [3.8, 4) is 11.5 Å². The monoisotopic (exact) mass is 300 g/mol. The molecule has 1 heterocycles. The van der Waals surface area contributed by atoms with E-state index < -0.39 is 28.8 Å². The highest BCUT2D eigenvalue weighted by Crippen LogP contribution is 2.39. The number of benzene rings is 1. The lowest BCUT2D eigenvalue weighted by molar-refractivity contribution is -0.137. The summed E-state index contributed by atoms with van der Waals surface area (Å²) >= 11 is 0. The minimum absolute atomic E-state index is 0.0209. The summed E-state index contributed by atoms with van der Waals surface area (Å²) in [6.45, 7) is 2.60. The molecule has 0 fully saturated rings. The third-order valence-electron chi connectivity index (χ3n) is 2.86. The second-order valence-electron chi connectivity index (χ2n) is 4.48. The minimum Gasteiger partial charge on any atom is -0.486 e. The lowest BCUT2D eigenvalue weighted by atomic mass is 9.98. The van der Waals surface area contributed by atoms with Gasteiger partial charge in [0.2, 0.25) is 0 Å². The van der Waals surface area contributed by atoms with Crippen LogP contribution in [0.1, 0.15) is 29.8 Å². The molecule has 0 aliphatic carbocycles. The van der Waals surface area contributed by atoms with Crippen molar-refractivity contribution in [1.82, 2.24) is 0 Å². The molecule has 0 spiro atoms. The van der Waals surface area contributed by atoms with Crippen molar-refractivity contribution in [2.24, 2.45) is 0 Å². The van der Waals surface area contributed by atoms with Crippen LogP contribution in [0.15, 0.2) is 12.1 Å². The molecule has 5 nitrogen and oxygen atoms in total. The van der Waals surface area contributed by atoms with Crippen LogP contribution in [0.25, 0.3) is 0 Å². The molecule has 7 heteroatoms. The summed E-state index contributed by atoms with van der Waals surface area (Å²) in [4.78, 5) is 23.5. The van der Waals surface area contributed by atoms with Crippen LogP contribution in [0.3, 0.4) is 0 Å². The van der Waals surface area contributed by atoms with Crippen molar-refractivity contribution in [1.29, 1.82) is 0 Å². The van der Waals surface area contributed by atoms with Gasteiger partial charge in [0.1, 0.15) is 13.2 Å². The van der Waals surface area contributed by atoms with E-state index in [0.717, 1.165) is 12.1 Å². The number of hydrogen-bond donors (Lipinski definition) is 0. The molecule has 0 unspecified atom stereocenters. The lowest BCUT2D eigenvalue weighted by Gasteiger charge is -2.22. The largest absolute Gasteiger partial charge is 0.486 e. The van der Waals surface area contributed by atoms with Gasteiger partial charge in [0.25, 0.3) is 11.7 Å². The smallest absolute Gasteiger partial charge is 0.379 e. The first-order valence-corrected chi connectivity index (χ1v) is 6.38. The highest BCUT2D eigenvalue weighted by atomic mass is 19.3. The van der Waals surface area contributed by atoms with Gasteiger partial charge in [-0.2, -0.15) is 0 Å². The number of carbonyl (C=O) groups is 2. The molecule has 1 aliphatic rings. The van der Waals surface area contributed by atoms with Crippen LogP contribution in [0.2, 0.25) is 0 Å². The summed E-state index contributed by atoms with van der Waals surface area (Å²) in [6.07, 6.45) is 0. The van der Waals surface area contributed by atoms with Crippen LogP contribution < -0.4 is 9.47 Å². The normalized spacial score (nSPS) is 13.7. The second kappa shape index (κ2) is 5.67. The Bertz CT molecular complexity index is 577. The maximum atomic E-state index is 13.7. The van der Waals surface area contributed by atoms with E-state index in [1.807, 2.05) is 0 Å². The molecule has 0 saturated carbocycles. The van der Waals surface area contributed by atoms with Gasteiger partial charge in [-0.25, -0.2) is 13.6 Å². The van der Waals surface area contributed by atoms with Gasteiger partial charge in [0, 0.05) is 18.1 Å². The number of Topliss-reactive ketones (excluding diaryl/α,β-unsaturated/α-hetero) is 1. The molecule has 1 aromatic carbocycles. The van der Waals surface area contributed by atoms with E-state index in [1.165, 1.54) is 6.92 Å². The van der Waals surface area contributed by atoms with Crippen molar-refractivity contribution in [2.45, 2.75) is 19.8 Å².